The molecule has 5 N–H and O–H groups in total. The molecule has 0 fully saturated rings. The van der Waals surface area contributed by atoms with Gasteiger partial charge in [-0.15, -0.1) is 0 Å². The van der Waals surface area contributed by atoms with Crippen molar-refractivity contribution in [3.8, 4) is 11.8 Å². The fourth-order valence-electron chi connectivity index (χ4n) is 2.70. The Bertz CT molecular complexity index is 828. The predicted molar refractivity (Wildman–Crippen MR) is 90.5 cm³/mol. The van der Waals surface area contributed by atoms with Gasteiger partial charge in [-0.25, -0.2) is 0 Å². The van der Waals surface area contributed by atoms with E-state index in [1.807, 2.05) is 30.3 Å². The summed E-state index contributed by atoms with van der Waals surface area (Å²) in [5.74, 6) is 0.588. The number of ketones is 1. The molecule has 0 saturated carbocycles. The number of rotatable bonds is 5. The second-order valence-corrected chi connectivity index (χ2v) is 5.82. The molecule has 0 aliphatic carbocycles. The molecule has 0 spiro atoms. The summed E-state index contributed by atoms with van der Waals surface area (Å²) >= 11 is 0. The maximum Gasteiger partial charge on any atom is 0.180 e. The zero-order valence-electron chi connectivity index (χ0n) is 13.1. The average Bonchev–Trinajstić information content (AvgIpc) is 2.95. The Hall–Kier alpha value is -2.88. The molecule has 1 unspecified atom stereocenters. The van der Waals surface area contributed by atoms with Crippen LogP contribution in [-0.4, -0.2) is 18.0 Å². The highest BCUT2D eigenvalue weighted by atomic mass is 16.5. The molecule has 1 aliphatic heterocycles. The average molecular weight is 322 g/mol. The van der Waals surface area contributed by atoms with E-state index >= 15 is 0 Å². The minimum Gasteiger partial charge on any atom is -0.489 e. The Kier molecular flexibility index (Phi) is 4.21. The van der Waals surface area contributed by atoms with E-state index in [2.05, 4.69) is 11.4 Å². The van der Waals surface area contributed by atoms with Crippen molar-refractivity contribution < 1.29 is 9.53 Å². The number of Topliss-reactive ketones (excluding diaryl/α,β-unsaturated/α-hetero) is 1. The summed E-state index contributed by atoms with van der Waals surface area (Å²) in [6.45, 7) is 0.325. The van der Waals surface area contributed by atoms with Crippen LogP contribution in [0.3, 0.4) is 0 Å². The number of nitrogens with zero attached hydrogens (tertiary/aromatic N) is 1. The molecule has 1 atom stereocenters. The molecule has 1 heterocycles. The molecule has 3 rings (SSSR count). The number of carbonyl (C=O) groups is 1. The Morgan fingerprint density at radius 1 is 1.33 bits per heavy atom. The van der Waals surface area contributed by atoms with Crippen molar-refractivity contribution in [1.29, 1.82) is 5.26 Å². The van der Waals surface area contributed by atoms with Gasteiger partial charge in [-0.2, -0.15) is 5.26 Å². The van der Waals surface area contributed by atoms with Crippen molar-refractivity contribution in [3.63, 3.8) is 0 Å². The summed E-state index contributed by atoms with van der Waals surface area (Å²) in [6.07, 6.45) is 0.427. The van der Waals surface area contributed by atoms with Gasteiger partial charge < -0.3 is 15.8 Å². The monoisotopic (exact) mass is 322 g/mol. The summed E-state index contributed by atoms with van der Waals surface area (Å²) in [5.41, 5.74) is 13.5. The number of fused-ring (bicyclic) bond motifs is 1. The number of carbonyl (C=O) groups excluding carboxylic acids is 1. The second kappa shape index (κ2) is 6.32. The van der Waals surface area contributed by atoms with E-state index in [1.165, 1.54) is 0 Å². The third-order valence-electron chi connectivity index (χ3n) is 3.94. The summed E-state index contributed by atoms with van der Waals surface area (Å²) in [5, 5.41) is 12.1. The summed E-state index contributed by atoms with van der Waals surface area (Å²) in [7, 11) is 0. The third kappa shape index (κ3) is 3.23. The number of nitriles is 1. The van der Waals surface area contributed by atoms with Crippen LogP contribution >= 0.6 is 0 Å². The lowest BCUT2D eigenvalue weighted by molar-refractivity contribution is 0.100. The van der Waals surface area contributed by atoms with Crippen molar-refractivity contribution in [3.05, 3.63) is 59.2 Å². The number of hydrogen-bond acceptors (Lipinski definition) is 6. The minimum atomic E-state index is -1.06. The van der Waals surface area contributed by atoms with E-state index in [0.717, 1.165) is 16.8 Å². The molecule has 2 aromatic carbocycles. The molecule has 0 saturated heterocycles. The molecule has 0 aromatic heterocycles. The molecule has 2 aromatic rings. The van der Waals surface area contributed by atoms with Gasteiger partial charge in [0, 0.05) is 17.7 Å². The van der Waals surface area contributed by atoms with Gasteiger partial charge in [0.2, 0.25) is 0 Å². The molecule has 6 nitrogen and oxygen atoms in total. The zero-order chi connectivity index (χ0) is 17.2. The molecule has 1 aliphatic rings. The normalized spacial score (nSPS) is 18.4. The highest BCUT2D eigenvalue weighted by molar-refractivity contribution is 5.97. The van der Waals surface area contributed by atoms with Crippen molar-refractivity contribution in [2.24, 2.45) is 11.5 Å². The first kappa shape index (κ1) is 16.0. The second-order valence-electron chi connectivity index (χ2n) is 5.82. The van der Waals surface area contributed by atoms with Gasteiger partial charge in [0.1, 0.15) is 18.4 Å². The van der Waals surface area contributed by atoms with Gasteiger partial charge in [-0.3, -0.25) is 10.5 Å². The van der Waals surface area contributed by atoms with Crippen LogP contribution in [0, 0.1) is 11.3 Å². The Morgan fingerprint density at radius 3 is 2.92 bits per heavy atom. The van der Waals surface area contributed by atoms with E-state index in [4.69, 9.17) is 21.5 Å². The number of nitrogens with one attached hydrogen (secondary N) is 1. The fourth-order valence-corrected chi connectivity index (χ4v) is 2.70. The highest BCUT2D eigenvalue weighted by Crippen LogP contribution is 2.32. The molecule has 0 amide bonds. The summed E-state index contributed by atoms with van der Waals surface area (Å²) in [4.78, 5) is 11.6. The number of ether oxygens (including phenoxy) is 1. The van der Waals surface area contributed by atoms with Crippen LogP contribution in [0.1, 0.15) is 21.5 Å². The van der Waals surface area contributed by atoms with Crippen LogP contribution in [0.2, 0.25) is 0 Å². The minimum absolute atomic E-state index is 0.0120. The van der Waals surface area contributed by atoms with Crippen molar-refractivity contribution >= 4 is 11.5 Å². The van der Waals surface area contributed by atoms with Crippen LogP contribution < -0.4 is 21.5 Å². The molecular weight excluding hydrogens is 304 g/mol. The molecule has 122 valence electrons. The maximum absolute atomic E-state index is 11.6. The summed E-state index contributed by atoms with van der Waals surface area (Å²) < 4.78 is 5.79. The van der Waals surface area contributed by atoms with Crippen LogP contribution in [0.4, 0.5) is 5.69 Å². The molecule has 6 heteroatoms. The fraction of sp³-hybridized carbons (Fsp3) is 0.222. The Labute approximate surface area is 140 Å². The van der Waals surface area contributed by atoms with Gasteiger partial charge in [0.15, 0.2) is 11.4 Å². The molecule has 0 radical (unpaired) electrons. The van der Waals surface area contributed by atoms with Crippen molar-refractivity contribution in [1.82, 2.24) is 0 Å². The summed E-state index contributed by atoms with van der Waals surface area (Å²) in [6, 6.07) is 14.8. The van der Waals surface area contributed by atoms with Crippen LogP contribution in [0.5, 0.6) is 5.75 Å². The Balaban J connectivity index is 1.70. The van der Waals surface area contributed by atoms with Crippen molar-refractivity contribution in [2.45, 2.75) is 18.7 Å². The molecule has 0 bridgehead atoms. The zero-order valence-corrected chi connectivity index (χ0v) is 13.1. The van der Waals surface area contributed by atoms with E-state index in [9.17, 15) is 4.79 Å². The first-order valence-corrected chi connectivity index (χ1v) is 7.59. The predicted octanol–water partition coefficient (Wildman–Crippen LogP) is 1.55. The van der Waals surface area contributed by atoms with E-state index in [0.29, 0.717) is 24.3 Å². The van der Waals surface area contributed by atoms with Gasteiger partial charge >= 0.3 is 0 Å². The first-order chi connectivity index (χ1) is 11.5. The molecule has 24 heavy (non-hydrogen) atoms. The third-order valence-corrected chi connectivity index (χ3v) is 3.94. The van der Waals surface area contributed by atoms with Crippen LogP contribution in [-0.2, 0) is 13.0 Å². The number of benzene rings is 2. The van der Waals surface area contributed by atoms with E-state index < -0.39 is 5.66 Å². The van der Waals surface area contributed by atoms with Crippen LogP contribution in [0.15, 0.2) is 42.5 Å². The van der Waals surface area contributed by atoms with Crippen LogP contribution in [0.25, 0.3) is 0 Å². The largest absolute Gasteiger partial charge is 0.489 e. The van der Waals surface area contributed by atoms with E-state index in [-0.39, 0.29) is 12.3 Å². The van der Waals surface area contributed by atoms with Gasteiger partial charge in [-0.1, -0.05) is 18.2 Å². The Morgan fingerprint density at radius 2 is 2.17 bits per heavy atom. The topological polar surface area (TPSA) is 114 Å². The number of anilines is 1. The highest BCUT2D eigenvalue weighted by Gasteiger charge is 2.32. The number of hydrogen-bond donors (Lipinski definition) is 3. The lowest BCUT2D eigenvalue weighted by atomic mass is 10.1. The first-order valence-electron chi connectivity index (χ1n) is 7.59. The standard InChI is InChI=1S/C18H18N4O2/c19-9-17(23)13-3-1-2-12(6-13)10-24-15-4-5-16-14(7-15)8-18(21,11-20)22-16/h1-7,22H,8-10,19,21H2. The number of nitrogens with two attached hydrogens (primary N) is 2. The van der Waals surface area contributed by atoms with Crippen molar-refractivity contribution in [2.75, 3.05) is 11.9 Å². The quantitative estimate of drug-likeness (QED) is 0.720. The van der Waals surface area contributed by atoms with Gasteiger partial charge in [0.25, 0.3) is 0 Å². The lowest BCUT2D eigenvalue weighted by Gasteiger charge is -2.13. The van der Waals surface area contributed by atoms with Gasteiger partial charge in [0.05, 0.1) is 6.54 Å². The maximum atomic E-state index is 11.6. The molecular formula is C18H18N4O2. The lowest BCUT2D eigenvalue weighted by Crippen LogP contribution is -2.44. The SMILES string of the molecule is N#CC1(N)Cc2cc(OCc3cccc(C(=O)CN)c3)ccc2N1. The smallest absolute Gasteiger partial charge is 0.180 e. The van der Waals surface area contributed by atoms with Gasteiger partial charge in [-0.05, 0) is 35.4 Å². The van der Waals surface area contributed by atoms with E-state index in [1.54, 1.807) is 12.1 Å².